The molecule has 1 aromatic heterocycles. The first kappa shape index (κ1) is 11.8. The second-order valence-corrected chi connectivity index (χ2v) is 4.85. The Balaban J connectivity index is 2.21. The molecule has 0 bridgehead atoms. The third kappa shape index (κ3) is 2.71. The second kappa shape index (κ2) is 5.10. The molecule has 1 aromatic carbocycles. The predicted octanol–water partition coefficient (Wildman–Crippen LogP) is 2.40. The molecule has 1 N–H and O–H groups in total. The predicted molar refractivity (Wildman–Crippen MR) is 69.5 cm³/mol. The van der Waals surface area contributed by atoms with Crippen LogP contribution in [0.15, 0.2) is 30.3 Å². The molecule has 0 radical (unpaired) electrons. The van der Waals surface area contributed by atoms with Gasteiger partial charge in [0.05, 0.1) is 10.7 Å². The molecule has 0 fully saturated rings. The summed E-state index contributed by atoms with van der Waals surface area (Å²) in [5, 5.41) is 3.61. The topological polar surface area (TPSA) is 42.0 Å². The molecule has 0 unspecified atom stereocenters. The van der Waals surface area contributed by atoms with Crippen LogP contribution in [-0.2, 0) is 6.42 Å². The molecule has 2 aromatic rings. The summed E-state index contributed by atoms with van der Waals surface area (Å²) in [6, 6.07) is 10.1. The first-order valence-electron chi connectivity index (χ1n) is 5.43. The average Bonchev–Trinajstić information content (AvgIpc) is 2.70. The lowest BCUT2D eigenvalue weighted by Gasteiger charge is -1.96. The van der Waals surface area contributed by atoms with Crippen LogP contribution in [0.5, 0.6) is 0 Å². The molecule has 0 saturated carbocycles. The summed E-state index contributed by atoms with van der Waals surface area (Å²) in [5.41, 5.74) is 2.02. The van der Waals surface area contributed by atoms with Crippen molar-refractivity contribution >= 4 is 17.2 Å². The normalized spacial score (nSPS) is 10.2. The Hall–Kier alpha value is -1.68. The van der Waals surface area contributed by atoms with Crippen LogP contribution >= 0.6 is 11.3 Å². The molecule has 1 amide bonds. The molecule has 3 nitrogen and oxygen atoms in total. The molecular weight excluding hydrogens is 232 g/mol. The van der Waals surface area contributed by atoms with E-state index in [4.69, 9.17) is 0 Å². The summed E-state index contributed by atoms with van der Waals surface area (Å²) in [7, 11) is 1.64. The minimum absolute atomic E-state index is 0.0562. The van der Waals surface area contributed by atoms with Gasteiger partial charge in [0, 0.05) is 13.5 Å². The number of amides is 1. The number of nitrogens with one attached hydrogen (secondary N) is 1. The summed E-state index contributed by atoms with van der Waals surface area (Å²) in [5.74, 6) is -0.0562. The Kier molecular flexibility index (Phi) is 3.54. The summed E-state index contributed by atoms with van der Waals surface area (Å²) in [6.07, 6.45) is 0.781. The standard InChI is InChI=1S/C13H14N2OS/c1-9-12(13(16)14-2)17-11(15-9)8-10-6-4-3-5-7-10/h3-7H,8H2,1-2H3,(H,14,16). The van der Waals surface area contributed by atoms with Crippen LogP contribution in [0.2, 0.25) is 0 Å². The van der Waals surface area contributed by atoms with Gasteiger partial charge in [-0.1, -0.05) is 30.3 Å². The van der Waals surface area contributed by atoms with E-state index < -0.39 is 0 Å². The van der Waals surface area contributed by atoms with Crippen molar-refractivity contribution in [3.05, 3.63) is 51.5 Å². The Morgan fingerprint density at radius 1 is 1.35 bits per heavy atom. The Morgan fingerprint density at radius 2 is 2.06 bits per heavy atom. The van der Waals surface area contributed by atoms with Crippen molar-refractivity contribution in [3.63, 3.8) is 0 Å². The van der Waals surface area contributed by atoms with Gasteiger partial charge in [-0.3, -0.25) is 4.79 Å². The molecule has 2 rings (SSSR count). The lowest BCUT2D eigenvalue weighted by Crippen LogP contribution is -2.17. The fourth-order valence-electron chi connectivity index (χ4n) is 1.62. The molecule has 1 heterocycles. The second-order valence-electron chi connectivity index (χ2n) is 3.76. The summed E-state index contributed by atoms with van der Waals surface area (Å²) >= 11 is 1.46. The maximum atomic E-state index is 11.6. The zero-order chi connectivity index (χ0) is 12.3. The Bertz CT molecular complexity index is 519. The molecule has 0 aliphatic carbocycles. The van der Waals surface area contributed by atoms with Gasteiger partial charge in [0.15, 0.2) is 0 Å². The molecule has 0 aliphatic rings. The van der Waals surface area contributed by atoms with Gasteiger partial charge in [-0.15, -0.1) is 11.3 Å². The molecule has 0 atom stereocenters. The molecular formula is C13H14N2OS. The lowest BCUT2D eigenvalue weighted by molar-refractivity contribution is 0.0966. The molecule has 88 valence electrons. The van der Waals surface area contributed by atoms with Crippen LogP contribution in [-0.4, -0.2) is 17.9 Å². The summed E-state index contributed by atoms with van der Waals surface area (Å²) < 4.78 is 0. The van der Waals surface area contributed by atoms with Gasteiger partial charge in [-0.25, -0.2) is 4.98 Å². The van der Waals surface area contributed by atoms with E-state index in [-0.39, 0.29) is 5.91 Å². The molecule has 0 saturated heterocycles. The van der Waals surface area contributed by atoms with Crippen LogP contribution in [0.3, 0.4) is 0 Å². The van der Waals surface area contributed by atoms with E-state index in [1.165, 1.54) is 16.9 Å². The minimum Gasteiger partial charge on any atom is -0.354 e. The first-order valence-corrected chi connectivity index (χ1v) is 6.24. The van der Waals surface area contributed by atoms with Crippen LogP contribution < -0.4 is 5.32 Å². The number of aryl methyl sites for hydroxylation is 1. The van der Waals surface area contributed by atoms with Gasteiger partial charge < -0.3 is 5.32 Å². The van der Waals surface area contributed by atoms with Gasteiger partial charge in [-0.2, -0.15) is 0 Å². The van der Waals surface area contributed by atoms with E-state index >= 15 is 0 Å². The average molecular weight is 246 g/mol. The fourth-order valence-corrected chi connectivity index (χ4v) is 2.67. The molecule has 0 aliphatic heterocycles. The van der Waals surface area contributed by atoms with E-state index in [0.29, 0.717) is 4.88 Å². The van der Waals surface area contributed by atoms with E-state index in [2.05, 4.69) is 22.4 Å². The van der Waals surface area contributed by atoms with Crippen LogP contribution in [0.1, 0.15) is 25.9 Å². The number of nitrogens with zero attached hydrogens (tertiary/aromatic N) is 1. The number of benzene rings is 1. The van der Waals surface area contributed by atoms with Crippen molar-refractivity contribution in [2.75, 3.05) is 7.05 Å². The summed E-state index contributed by atoms with van der Waals surface area (Å²) in [4.78, 5) is 16.7. The maximum absolute atomic E-state index is 11.6. The number of hydrogen-bond donors (Lipinski definition) is 1. The van der Waals surface area contributed by atoms with Gasteiger partial charge in [0.25, 0.3) is 5.91 Å². The number of rotatable bonds is 3. The van der Waals surface area contributed by atoms with Crippen LogP contribution in [0.4, 0.5) is 0 Å². The van der Waals surface area contributed by atoms with Crippen molar-refractivity contribution in [2.45, 2.75) is 13.3 Å². The highest BCUT2D eigenvalue weighted by molar-refractivity contribution is 7.13. The molecule has 4 heteroatoms. The van der Waals surface area contributed by atoms with Crippen molar-refractivity contribution in [2.24, 2.45) is 0 Å². The quantitative estimate of drug-likeness (QED) is 0.903. The SMILES string of the molecule is CNC(=O)c1sc(Cc2ccccc2)nc1C. The first-order chi connectivity index (χ1) is 8.20. The van der Waals surface area contributed by atoms with Crippen molar-refractivity contribution in [1.29, 1.82) is 0 Å². The summed E-state index contributed by atoms with van der Waals surface area (Å²) in [6.45, 7) is 1.87. The van der Waals surface area contributed by atoms with E-state index in [1.54, 1.807) is 7.05 Å². The number of aromatic nitrogens is 1. The molecule has 0 spiro atoms. The van der Waals surface area contributed by atoms with Crippen molar-refractivity contribution in [3.8, 4) is 0 Å². The van der Waals surface area contributed by atoms with Crippen molar-refractivity contribution < 1.29 is 4.79 Å². The number of carbonyl (C=O) groups is 1. The van der Waals surface area contributed by atoms with Gasteiger partial charge in [0.1, 0.15) is 4.88 Å². The molecule has 17 heavy (non-hydrogen) atoms. The zero-order valence-corrected chi connectivity index (χ0v) is 10.7. The Morgan fingerprint density at radius 3 is 2.71 bits per heavy atom. The maximum Gasteiger partial charge on any atom is 0.263 e. The zero-order valence-electron chi connectivity index (χ0n) is 9.86. The van der Waals surface area contributed by atoms with Crippen LogP contribution in [0, 0.1) is 6.92 Å². The third-order valence-electron chi connectivity index (χ3n) is 2.47. The number of thiazole rings is 1. The monoisotopic (exact) mass is 246 g/mol. The van der Waals surface area contributed by atoms with Gasteiger partial charge >= 0.3 is 0 Å². The van der Waals surface area contributed by atoms with Crippen LogP contribution in [0.25, 0.3) is 0 Å². The van der Waals surface area contributed by atoms with E-state index in [1.807, 2.05) is 25.1 Å². The van der Waals surface area contributed by atoms with Gasteiger partial charge in [-0.05, 0) is 12.5 Å². The highest BCUT2D eigenvalue weighted by Crippen LogP contribution is 2.20. The highest BCUT2D eigenvalue weighted by Gasteiger charge is 2.13. The fraction of sp³-hybridized carbons (Fsp3) is 0.231. The van der Waals surface area contributed by atoms with Crippen molar-refractivity contribution in [1.82, 2.24) is 10.3 Å². The minimum atomic E-state index is -0.0562. The van der Waals surface area contributed by atoms with Gasteiger partial charge in [0.2, 0.25) is 0 Å². The number of carbonyl (C=O) groups excluding carboxylic acids is 1. The smallest absolute Gasteiger partial charge is 0.263 e. The lowest BCUT2D eigenvalue weighted by atomic mass is 10.2. The number of hydrogen-bond acceptors (Lipinski definition) is 3. The Labute approximate surface area is 105 Å². The third-order valence-corrected chi connectivity index (χ3v) is 3.63. The van der Waals surface area contributed by atoms with E-state index in [0.717, 1.165) is 17.1 Å². The van der Waals surface area contributed by atoms with E-state index in [9.17, 15) is 4.79 Å². The largest absolute Gasteiger partial charge is 0.354 e. The highest BCUT2D eigenvalue weighted by atomic mass is 32.1.